The maximum atomic E-state index is 10.8. The van der Waals surface area contributed by atoms with E-state index < -0.39 is 11.6 Å². The Balaban J connectivity index is 2.28. The number of hydrogen-bond donors (Lipinski definition) is 1. The first-order chi connectivity index (χ1) is 5.68. The van der Waals surface area contributed by atoms with E-state index in [2.05, 4.69) is 6.58 Å². The number of ether oxygens (including phenoxy) is 1. The summed E-state index contributed by atoms with van der Waals surface area (Å²) in [6, 6.07) is 0. The third kappa shape index (κ3) is 0.783. The van der Waals surface area contributed by atoms with Gasteiger partial charge in [-0.05, 0) is 0 Å². The van der Waals surface area contributed by atoms with E-state index in [0.29, 0.717) is 13.2 Å². The van der Waals surface area contributed by atoms with Gasteiger partial charge in [0.25, 0.3) is 0 Å². The standard InChI is InChI=1S/C8H11NO3/c1-2-8-3-6(12-5-8)4-9(8)7(10)11/h2,6H,1,3-5H2,(H,10,11)/t6-,8-/m1/s1. The van der Waals surface area contributed by atoms with Gasteiger partial charge in [-0.3, -0.25) is 4.90 Å². The Morgan fingerprint density at radius 1 is 1.83 bits per heavy atom. The van der Waals surface area contributed by atoms with Gasteiger partial charge in [0.2, 0.25) is 0 Å². The molecule has 2 aliphatic heterocycles. The van der Waals surface area contributed by atoms with Crippen LogP contribution in [0.15, 0.2) is 12.7 Å². The molecule has 2 saturated heterocycles. The molecule has 2 rings (SSSR count). The van der Waals surface area contributed by atoms with E-state index in [0.717, 1.165) is 6.42 Å². The van der Waals surface area contributed by atoms with E-state index in [9.17, 15) is 4.79 Å². The van der Waals surface area contributed by atoms with E-state index in [4.69, 9.17) is 9.84 Å². The quantitative estimate of drug-likeness (QED) is 0.587. The highest BCUT2D eigenvalue weighted by atomic mass is 16.5. The van der Waals surface area contributed by atoms with Crippen LogP contribution in [0.5, 0.6) is 0 Å². The molecule has 2 bridgehead atoms. The molecule has 4 heteroatoms. The first-order valence-electron chi connectivity index (χ1n) is 3.94. The minimum atomic E-state index is -0.874. The van der Waals surface area contributed by atoms with Gasteiger partial charge in [0, 0.05) is 6.42 Å². The highest BCUT2D eigenvalue weighted by Crippen LogP contribution is 2.38. The second-order valence-corrected chi connectivity index (χ2v) is 3.34. The third-order valence-electron chi connectivity index (χ3n) is 2.68. The third-order valence-corrected chi connectivity index (χ3v) is 2.68. The minimum Gasteiger partial charge on any atom is -0.465 e. The fraction of sp³-hybridized carbons (Fsp3) is 0.625. The van der Waals surface area contributed by atoms with E-state index >= 15 is 0 Å². The number of fused-ring (bicyclic) bond motifs is 2. The summed E-state index contributed by atoms with van der Waals surface area (Å²) >= 11 is 0. The van der Waals surface area contributed by atoms with Crippen molar-refractivity contribution in [1.29, 1.82) is 0 Å². The molecule has 0 aromatic rings. The molecule has 1 N–H and O–H groups in total. The van der Waals surface area contributed by atoms with Crippen LogP contribution in [-0.2, 0) is 4.74 Å². The lowest BCUT2D eigenvalue weighted by atomic mass is 10.00. The number of amides is 1. The predicted molar refractivity (Wildman–Crippen MR) is 42.0 cm³/mol. The van der Waals surface area contributed by atoms with Crippen LogP contribution in [0.25, 0.3) is 0 Å². The van der Waals surface area contributed by atoms with E-state index in [1.165, 1.54) is 4.90 Å². The van der Waals surface area contributed by atoms with Crippen LogP contribution in [0.2, 0.25) is 0 Å². The zero-order valence-electron chi connectivity index (χ0n) is 6.69. The van der Waals surface area contributed by atoms with Gasteiger partial charge in [-0.1, -0.05) is 6.08 Å². The molecular formula is C8H11NO3. The van der Waals surface area contributed by atoms with Crippen molar-refractivity contribution in [2.45, 2.75) is 18.1 Å². The van der Waals surface area contributed by atoms with Crippen molar-refractivity contribution in [3.05, 3.63) is 12.7 Å². The number of carbonyl (C=O) groups is 1. The van der Waals surface area contributed by atoms with Crippen molar-refractivity contribution in [1.82, 2.24) is 4.90 Å². The Morgan fingerprint density at radius 2 is 2.58 bits per heavy atom. The van der Waals surface area contributed by atoms with E-state index in [1.807, 2.05) is 0 Å². The molecule has 1 amide bonds. The van der Waals surface area contributed by atoms with Gasteiger partial charge < -0.3 is 9.84 Å². The molecule has 2 atom stereocenters. The van der Waals surface area contributed by atoms with Crippen LogP contribution in [0.4, 0.5) is 4.79 Å². The van der Waals surface area contributed by atoms with Crippen molar-refractivity contribution in [2.75, 3.05) is 13.2 Å². The first-order valence-corrected chi connectivity index (χ1v) is 3.94. The second kappa shape index (κ2) is 2.23. The lowest BCUT2D eigenvalue weighted by molar-refractivity contribution is 0.0132. The van der Waals surface area contributed by atoms with Crippen molar-refractivity contribution in [3.8, 4) is 0 Å². The minimum absolute atomic E-state index is 0.0825. The van der Waals surface area contributed by atoms with Crippen molar-refractivity contribution < 1.29 is 14.6 Å². The number of rotatable bonds is 1. The number of nitrogens with zero attached hydrogens (tertiary/aromatic N) is 1. The summed E-state index contributed by atoms with van der Waals surface area (Å²) in [6.45, 7) is 4.61. The molecule has 2 aliphatic rings. The van der Waals surface area contributed by atoms with Crippen LogP contribution in [0, 0.1) is 0 Å². The van der Waals surface area contributed by atoms with Gasteiger partial charge in [-0.25, -0.2) is 4.79 Å². The number of hydrogen-bond acceptors (Lipinski definition) is 2. The van der Waals surface area contributed by atoms with Crippen LogP contribution in [0.3, 0.4) is 0 Å². The Labute approximate surface area is 70.4 Å². The average Bonchev–Trinajstić information content (AvgIpc) is 2.60. The van der Waals surface area contributed by atoms with Crippen molar-refractivity contribution in [2.24, 2.45) is 0 Å². The highest BCUT2D eigenvalue weighted by Gasteiger charge is 2.52. The normalized spacial score (nSPS) is 38.7. The molecule has 4 nitrogen and oxygen atoms in total. The number of morpholine rings is 1. The van der Waals surface area contributed by atoms with Gasteiger partial charge >= 0.3 is 6.09 Å². The summed E-state index contributed by atoms with van der Waals surface area (Å²) in [7, 11) is 0. The molecule has 2 fully saturated rings. The SMILES string of the molecule is C=C[C@@]12CO[C@@H](CN1C(=O)O)C2. The van der Waals surface area contributed by atoms with E-state index in [1.54, 1.807) is 6.08 Å². The summed E-state index contributed by atoms with van der Waals surface area (Å²) in [5.74, 6) is 0. The van der Waals surface area contributed by atoms with Crippen molar-refractivity contribution >= 4 is 6.09 Å². The van der Waals surface area contributed by atoms with Gasteiger partial charge in [0.15, 0.2) is 0 Å². The fourth-order valence-electron chi connectivity index (χ4n) is 1.99. The zero-order valence-corrected chi connectivity index (χ0v) is 6.69. The molecule has 2 heterocycles. The number of carboxylic acid groups (broad SMARTS) is 1. The highest BCUT2D eigenvalue weighted by molar-refractivity contribution is 5.67. The Hall–Kier alpha value is -1.03. The van der Waals surface area contributed by atoms with Gasteiger partial charge in [-0.15, -0.1) is 6.58 Å². The molecule has 0 aromatic heterocycles. The van der Waals surface area contributed by atoms with Crippen LogP contribution in [-0.4, -0.2) is 40.9 Å². The first kappa shape index (κ1) is 7.61. The second-order valence-electron chi connectivity index (χ2n) is 3.34. The van der Waals surface area contributed by atoms with Crippen LogP contribution >= 0.6 is 0 Å². The molecule has 0 spiro atoms. The topological polar surface area (TPSA) is 49.8 Å². The summed E-state index contributed by atoms with van der Waals surface area (Å²) < 4.78 is 5.35. The fourth-order valence-corrected chi connectivity index (χ4v) is 1.99. The lowest BCUT2D eigenvalue weighted by Crippen LogP contribution is -2.49. The van der Waals surface area contributed by atoms with Crippen LogP contribution in [0.1, 0.15) is 6.42 Å². The Morgan fingerprint density at radius 3 is 3.00 bits per heavy atom. The molecule has 0 unspecified atom stereocenters. The summed E-state index contributed by atoms with van der Waals surface area (Å²) in [4.78, 5) is 12.2. The van der Waals surface area contributed by atoms with Gasteiger partial charge in [0.05, 0.1) is 24.8 Å². The smallest absolute Gasteiger partial charge is 0.408 e. The van der Waals surface area contributed by atoms with Crippen molar-refractivity contribution in [3.63, 3.8) is 0 Å². The summed E-state index contributed by atoms with van der Waals surface area (Å²) in [5.41, 5.74) is -0.434. The zero-order chi connectivity index (χ0) is 8.77. The molecule has 0 aliphatic carbocycles. The molecule has 0 aromatic carbocycles. The maximum absolute atomic E-state index is 10.8. The predicted octanol–water partition coefficient (Wildman–Crippen LogP) is 0.694. The Bertz CT molecular complexity index is 240. The van der Waals surface area contributed by atoms with Gasteiger partial charge in [-0.2, -0.15) is 0 Å². The van der Waals surface area contributed by atoms with Crippen LogP contribution < -0.4 is 0 Å². The molecule has 0 saturated carbocycles. The Kier molecular flexibility index (Phi) is 1.41. The largest absolute Gasteiger partial charge is 0.465 e. The maximum Gasteiger partial charge on any atom is 0.408 e. The molecule has 0 radical (unpaired) electrons. The lowest BCUT2D eigenvalue weighted by Gasteiger charge is -2.33. The summed E-state index contributed by atoms with van der Waals surface area (Å²) in [6.07, 6.45) is 1.66. The molecular weight excluding hydrogens is 158 g/mol. The molecule has 12 heavy (non-hydrogen) atoms. The van der Waals surface area contributed by atoms with E-state index in [-0.39, 0.29) is 6.10 Å². The summed E-state index contributed by atoms with van der Waals surface area (Å²) in [5, 5.41) is 8.85. The van der Waals surface area contributed by atoms with Gasteiger partial charge in [0.1, 0.15) is 0 Å². The number of likely N-dealkylation sites (tertiary alicyclic amines) is 1. The monoisotopic (exact) mass is 169 g/mol. The average molecular weight is 169 g/mol. The molecule has 66 valence electrons.